The summed E-state index contributed by atoms with van der Waals surface area (Å²) in [5.41, 5.74) is 7.52. The lowest BCUT2D eigenvalue weighted by Gasteiger charge is -2.14. The average molecular weight is 355 g/mol. The van der Waals surface area contributed by atoms with Gasteiger partial charge in [0, 0.05) is 17.1 Å². The van der Waals surface area contributed by atoms with E-state index in [1.165, 1.54) is 16.2 Å². The minimum Gasteiger partial charge on any atom is -0.481 e. The third-order valence-corrected chi connectivity index (χ3v) is 4.75. The minimum absolute atomic E-state index is 0.219. The highest BCUT2D eigenvalue weighted by Gasteiger charge is 2.22. The number of aliphatic carboxylic acids is 1. The summed E-state index contributed by atoms with van der Waals surface area (Å²) in [5.74, 6) is -1.06. The number of fused-ring (bicyclic) bond motifs is 1. The van der Waals surface area contributed by atoms with Gasteiger partial charge in [0.15, 0.2) is 0 Å². The third kappa shape index (κ3) is 3.72. The minimum atomic E-state index is -1.06. The van der Waals surface area contributed by atoms with E-state index in [9.17, 15) is 9.59 Å². The van der Waals surface area contributed by atoms with Gasteiger partial charge in [-0.25, -0.2) is 4.98 Å². The first kappa shape index (κ1) is 17.2. The van der Waals surface area contributed by atoms with E-state index in [0.29, 0.717) is 10.7 Å². The number of rotatable bonds is 5. The van der Waals surface area contributed by atoms with Gasteiger partial charge in [0.2, 0.25) is 0 Å². The third-order valence-electron chi connectivity index (χ3n) is 3.73. The molecule has 0 bridgehead atoms. The van der Waals surface area contributed by atoms with Crippen molar-refractivity contribution in [2.75, 3.05) is 0 Å². The van der Waals surface area contributed by atoms with Crippen molar-refractivity contribution in [3.05, 3.63) is 70.1 Å². The molecule has 0 amide bonds. The van der Waals surface area contributed by atoms with Gasteiger partial charge in [-0.1, -0.05) is 35.5 Å². The van der Waals surface area contributed by atoms with E-state index in [2.05, 4.69) is 4.98 Å². The summed E-state index contributed by atoms with van der Waals surface area (Å²) in [6.45, 7) is 1.99. The van der Waals surface area contributed by atoms with Crippen LogP contribution in [0.25, 0.3) is 5.65 Å². The van der Waals surface area contributed by atoms with Crippen LogP contribution in [0.15, 0.2) is 63.4 Å². The highest BCUT2D eigenvalue weighted by atomic mass is 32.2. The fraction of sp³-hybridized carbons (Fsp3) is 0.167. The lowest BCUT2D eigenvalue weighted by Crippen LogP contribution is -2.28. The van der Waals surface area contributed by atoms with E-state index in [-0.39, 0.29) is 17.5 Å². The summed E-state index contributed by atoms with van der Waals surface area (Å²) in [7, 11) is 0. The number of nitrogens with two attached hydrogens (primary N) is 1. The molecule has 128 valence electrons. The van der Waals surface area contributed by atoms with Crippen LogP contribution in [0.2, 0.25) is 0 Å². The highest BCUT2D eigenvalue weighted by molar-refractivity contribution is 7.99. The molecule has 1 unspecified atom stereocenters. The topological polar surface area (TPSA) is 97.7 Å². The van der Waals surface area contributed by atoms with Crippen LogP contribution >= 0.6 is 11.8 Å². The zero-order valence-corrected chi connectivity index (χ0v) is 14.4. The number of aryl methyl sites for hydroxylation is 1. The molecular formula is C18H17N3O3S. The Kier molecular flexibility index (Phi) is 4.87. The first-order chi connectivity index (χ1) is 12.0. The molecule has 0 aliphatic carbocycles. The number of carboxylic acids is 1. The van der Waals surface area contributed by atoms with Gasteiger partial charge in [-0.15, -0.1) is 0 Å². The molecule has 25 heavy (non-hydrogen) atoms. The first-order valence-corrected chi connectivity index (χ1v) is 8.50. The van der Waals surface area contributed by atoms with Crippen molar-refractivity contribution < 1.29 is 9.90 Å². The molecule has 0 radical (unpaired) electrons. The fourth-order valence-electron chi connectivity index (χ4n) is 2.49. The maximum atomic E-state index is 12.9. The molecule has 1 aromatic carbocycles. The van der Waals surface area contributed by atoms with Gasteiger partial charge < -0.3 is 10.8 Å². The molecule has 0 aliphatic rings. The number of benzene rings is 1. The van der Waals surface area contributed by atoms with Crippen LogP contribution in [0.1, 0.15) is 23.6 Å². The standard InChI is InChI=1S/C18H17N3O3S/c1-11-5-7-12(8-6-11)25-17-16(13(19)10-15(22)23)18(24)21-9-3-2-4-14(21)20-17/h2-9,13H,10,19H2,1H3,(H,22,23). The van der Waals surface area contributed by atoms with Crippen LogP contribution in [-0.4, -0.2) is 20.5 Å². The Morgan fingerprint density at radius 2 is 2.00 bits per heavy atom. The number of hydrogen-bond acceptors (Lipinski definition) is 5. The number of pyridine rings is 1. The van der Waals surface area contributed by atoms with Crippen LogP contribution in [0.4, 0.5) is 0 Å². The first-order valence-electron chi connectivity index (χ1n) is 7.69. The van der Waals surface area contributed by atoms with Gasteiger partial charge in [0.05, 0.1) is 12.0 Å². The van der Waals surface area contributed by atoms with Crippen LogP contribution in [0.3, 0.4) is 0 Å². The SMILES string of the molecule is Cc1ccc(Sc2nc3ccccn3c(=O)c2C(N)CC(=O)O)cc1. The Morgan fingerprint density at radius 1 is 1.28 bits per heavy atom. The molecule has 2 aromatic heterocycles. The summed E-state index contributed by atoms with van der Waals surface area (Å²) < 4.78 is 1.39. The lowest BCUT2D eigenvalue weighted by molar-refractivity contribution is -0.137. The van der Waals surface area contributed by atoms with E-state index in [1.54, 1.807) is 24.4 Å². The van der Waals surface area contributed by atoms with Crippen molar-refractivity contribution >= 4 is 23.4 Å². The van der Waals surface area contributed by atoms with E-state index in [4.69, 9.17) is 10.8 Å². The van der Waals surface area contributed by atoms with E-state index >= 15 is 0 Å². The maximum Gasteiger partial charge on any atom is 0.305 e. The van der Waals surface area contributed by atoms with Gasteiger partial charge in [-0.2, -0.15) is 0 Å². The lowest BCUT2D eigenvalue weighted by atomic mass is 10.1. The quantitative estimate of drug-likeness (QED) is 0.683. The predicted molar refractivity (Wildman–Crippen MR) is 95.9 cm³/mol. The fourth-order valence-corrected chi connectivity index (χ4v) is 3.47. The zero-order chi connectivity index (χ0) is 18.0. The van der Waals surface area contributed by atoms with Crippen molar-refractivity contribution in [1.82, 2.24) is 9.38 Å². The number of nitrogens with zero attached hydrogens (tertiary/aromatic N) is 2. The van der Waals surface area contributed by atoms with Gasteiger partial charge in [-0.3, -0.25) is 14.0 Å². The molecule has 3 rings (SSSR count). The summed E-state index contributed by atoms with van der Waals surface area (Å²) in [6.07, 6.45) is 1.26. The van der Waals surface area contributed by atoms with E-state index < -0.39 is 12.0 Å². The van der Waals surface area contributed by atoms with Gasteiger partial charge in [-0.05, 0) is 31.2 Å². The summed E-state index contributed by atoms with van der Waals surface area (Å²) in [4.78, 5) is 29.3. The average Bonchev–Trinajstić information content (AvgIpc) is 2.56. The van der Waals surface area contributed by atoms with Gasteiger partial charge in [0.1, 0.15) is 10.7 Å². The molecular weight excluding hydrogens is 338 g/mol. The van der Waals surface area contributed by atoms with Gasteiger partial charge in [0.25, 0.3) is 5.56 Å². The number of carboxylic acid groups (broad SMARTS) is 1. The highest BCUT2D eigenvalue weighted by Crippen LogP contribution is 2.31. The molecule has 3 aromatic rings. The van der Waals surface area contributed by atoms with Crippen molar-refractivity contribution in [1.29, 1.82) is 0 Å². The van der Waals surface area contributed by atoms with Crippen LogP contribution in [0.5, 0.6) is 0 Å². The zero-order valence-electron chi connectivity index (χ0n) is 13.5. The number of carbonyl (C=O) groups is 1. The number of hydrogen-bond donors (Lipinski definition) is 2. The molecule has 2 heterocycles. The Bertz CT molecular complexity index is 983. The molecule has 0 saturated carbocycles. The molecule has 7 heteroatoms. The number of aromatic nitrogens is 2. The molecule has 0 aliphatic heterocycles. The summed E-state index contributed by atoms with van der Waals surface area (Å²) >= 11 is 1.31. The molecule has 0 fully saturated rings. The summed E-state index contributed by atoms with van der Waals surface area (Å²) in [6, 6.07) is 12.1. The van der Waals surface area contributed by atoms with Crippen molar-refractivity contribution in [2.45, 2.75) is 29.3 Å². The second-order valence-corrected chi connectivity index (χ2v) is 6.75. The molecule has 3 N–H and O–H groups in total. The smallest absolute Gasteiger partial charge is 0.305 e. The molecule has 0 saturated heterocycles. The van der Waals surface area contributed by atoms with Crippen LogP contribution < -0.4 is 11.3 Å². The van der Waals surface area contributed by atoms with Crippen molar-refractivity contribution in [3.63, 3.8) is 0 Å². The normalized spacial score (nSPS) is 12.2. The maximum absolute atomic E-state index is 12.9. The molecule has 1 atom stereocenters. The van der Waals surface area contributed by atoms with Gasteiger partial charge >= 0.3 is 5.97 Å². The Morgan fingerprint density at radius 3 is 2.68 bits per heavy atom. The molecule has 0 spiro atoms. The monoisotopic (exact) mass is 355 g/mol. The second kappa shape index (κ2) is 7.08. The molecule has 6 nitrogen and oxygen atoms in total. The van der Waals surface area contributed by atoms with Crippen molar-refractivity contribution in [3.8, 4) is 0 Å². The Balaban J connectivity index is 2.15. The van der Waals surface area contributed by atoms with Crippen molar-refractivity contribution in [2.24, 2.45) is 5.73 Å². The van der Waals surface area contributed by atoms with Crippen LogP contribution in [-0.2, 0) is 4.79 Å². The second-order valence-electron chi connectivity index (χ2n) is 5.68. The Hall–Kier alpha value is -2.64. The largest absolute Gasteiger partial charge is 0.481 e. The Labute approximate surface area is 148 Å². The van der Waals surface area contributed by atoms with E-state index in [1.807, 2.05) is 31.2 Å². The predicted octanol–water partition coefficient (Wildman–Crippen LogP) is 2.63. The van der Waals surface area contributed by atoms with Crippen LogP contribution in [0, 0.1) is 6.92 Å². The van der Waals surface area contributed by atoms with E-state index in [0.717, 1.165) is 10.5 Å². The summed E-state index contributed by atoms with van der Waals surface area (Å²) in [5, 5.41) is 9.48.